The lowest BCUT2D eigenvalue weighted by Crippen LogP contribution is -2.50. The van der Waals surface area contributed by atoms with E-state index >= 15 is 0 Å². The molecule has 1 aliphatic heterocycles. The number of carbonyl (C=O) groups is 1. The quantitative estimate of drug-likeness (QED) is 0.652. The first-order chi connectivity index (χ1) is 11.6. The van der Waals surface area contributed by atoms with Gasteiger partial charge >= 0.3 is 0 Å². The monoisotopic (exact) mass is 340 g/mol. The number of hydrogen-bond donors (Lipinski definition) is 1. The zero-order valence-corrected chi connectivity index (χ0v) is 15.8. The van der Waals surface area contributed by atoms with Gasteiger partial charge in [0.25, 0.3) is 0 Å². The molecule has 2 fully saturated rings. The summed E-state index contributed by atoms with van der Waals surface area (Å²) in [4.78, 5) is 19.1. The van der Waals surface area contributed by atoms with Gasteiger partial charge in [-0.05, 0) is 45.7 Å². The van der Waals surface area contributed by atoms with Crippen molar-refractivity contribution in [2.75, 3.05) is 73.6 Å². The Hall–Kier alpha value is -0.690. The van der Waals surface area contributed by atoms with Crippen LogP contribution in [0.4, 0.5) is 0 Å². The largest absolute Gasteiger partial charge is 0.370 e. The van der Waals surface area contributed by atoms with E-state index in [2.05, 4.69) is 22.2 Å². The molecule has 1 aliphatic carbocycles. The van der Waals surface area contributed by atoms with Gasteiger partial charge in [0, 0.05) is 52.4 Å². The van der Waals surface area contributed by atoms with Crippen LogP contribution in [0.25, 0.3) is 0 Å². The molecule has 24 heavy (non-hydrogen) atoms. The van der Waals surface area contributed by atoms with Crippen LogP contribution in [-0.2, 0) is 9.53 Å². The summed E-state index contributed by atoms with van der Waals surface area (Å²) < 4.78 is 5.39. The Morgan fingerprint density at radius 1 is 1.17 bits per heavy atom. The first kappa shape index (κ1) is 19.6. The maximum atomic E-state index is 12.1. The standard InChI is InChI=1S/C18H36N4O2/c1-19-8-13-24-15-18(23)21(3)14-16-4-6-17(7-5-16)22-11-9-20(2)10-12-22/h16-17,19H,4-15H2,1-3H3. The van der Waals surface area contributed by atoms with Gasteiger partial charge in [-0.2, -0.15) is 0 Å². The predicted octanol–water partition coefficient (Wildman–Crippen LogP) is 0.487. The molecule has 0 bridgehead atoms. The fourth-order valence-corrected chi connectivity index (χ4v) is 3.81. The van der Waals surface area contributed by atoms with Gasteiger partial charge < -0.3 is 19.9 Å². The van der Waals surface area contributed by atoms with E-state index in [1.807, 2.05) is 19.0 Å². The molecule has 1 N–H and O–H groups in total. The van der Waals surface area contributed by atoms with Crippen molar-refractivity contribution >= 4 is 5.91 Å². The molecule has 140 valence electrons. The van der Waals surface area contributed by atoms with E-state index in [9.17, 15) is 4.79 Å². The maximum Gasteiger partial charge on any atom is 0.248 e. The van der Waals surface area contributed by atoms with Crippen molar-refractivity contribution in [1.82, 2.24) is 20.0 Å². The molecule has 2 rings (SSSR count). The Balaban J connectivity index is 1.62. The molecule has 0 radical (unpaired) electrons. The highest BCUT2D eigenvalue weighted by Crippen LogP contribution is 2.28. The average Bonchev–Trinajstić information content (AvgIpc) is 2.60. The second-order valence-electron chi connectivity index (χ2n) is 7.44. The lowest BCUT2D eigenvalue weighted by Gasteiger charge is -2.41. The highest BCUT2D eigenvalue weighted by atomic mass is 16.5. The third-order valence-corrected chi connectivity index (χ3v) is 5.55. The summed E-state index contributed by atoms with van der Waals surface area (Å²) in [5.41, 5.74) is 0. The fraction of sp³-hybridized carbons (Fsp3) is 0.944. The molecule has 0 unspecified atom stereocenters. The van der Waals surface area contributed by atoms with Gasteiger partial charge in [-0.3, -0.25) is 9.69 Å². The van der Waals surface area contributed by atoms with Gasteiger partial charge in [-0.25, -0.2) is 0 Å². The summed E-state index contributed by atoms with van der Waals surface area (Å²) in [7, 11) is 6.01. The molecule has 6 nitrogen and oxygen atoms in total. The Bertz CT molecular complexity index is 364. The lowest BCUT2D eigenvalue weighted by atomic mass is 9.84. The molecule has 1 saturated heterocycles. The molecule has 6 heteroatoms. The maximum absolute atomic E-state index is 12.1. The zero-order chi connectivity index (χ0) is 17.4. The number of carbonyl (C=O) groups excluding carboxylic acids is 1. The Morgan fingerprint density at radius 3 is 2.46 bits per heavy atom. The van der Waals surface area contributed by atoms with Crippen LogP contribution in [0.1, 0.15) is 25.7 Å². The van der Waals surface area contributed by atoms with Crippen LogP contribution in [0, 0.1) is 5.92 Å². The van der Waals surface area contributed by atoms with Gasteiger partial charge in [-0.15, -0.1) is 0 Å². The Labute approximate surface area is 147 Å². The lowest BCUT2D eigenvalue weighted by molar-refractivity contribution is -0.135. The smallest absolute Gasteiger partial charge is 0.248 e. The third-order valence-electron chi connectivity index (χ3n) is 5.55. The van der Waals surface area contributed by atoms with Crippen molar-refractivity contribution in [2.24, 2.45) is 5.92 Å². The number of likely N-dealkylation sites (N-methyl/N-ethyl adjacent to an activating group) is 3. The molecule has 0 atom stereocenters. The van der Waals surface area contributed by atoms with Gasteiger partial charge in [0.05, 0.1) is 6.61 Å². The topological polar surface area (TPSA) is 48.1 Å². The van der Waals surface area contributed by atoms with Gasteiger partial charge in [-0.1, -0.05) is 0 Å². The molecule has 1 saturated carbocycles. The SMILES string of the molecule is CNCCOCC(=O)N(C)CC1CCC(N2CCN(C)CC2)CC1. The summed E-state index contributed by atoms with van der Waals surface area (Å²) in [6, 6.07) is 0.765. The molecule has 0 aromatic heterocycles. The van der Waals surface area contributed by atoms with Crippen LogP contribution < -0.4 is 5.32 Å². The van der Waals surface area contributed by atoms with Crippen molar-refractivity contribution in [3.05, 3.63) is 0 Å². The highest BCUT2D eigenvalue weighted by molar-refractivity contribution is 5.77. The third kappa shape index (κ3) is 6.31. The van der Waals surface area contributed by atoms with Crippen molar-refractivity contribution in [3.8, 4) is 0 Å². The molecule has 0 aromatic rings. The average molecular weight is 341 g/mol. The number of nitrogens with one attached hydrogen (secondary N) is 1. The first-order valence-corrected chi connectivity index (χ1v) is 9.49. The molecule has 1 heterocycles. The molecule has 0 aromatic carbocycles. The number of rotatable bonds is 8. The number of nitrogens with zero attached hydrogens (tertiary/aromatic N) is 3. The second kappa shape index (κ2) is 10.3. The summed E-state index contributed by atoms with van der Waals surface area (Å²) in [5.74, 6) is 0.757. The first-order valence-electron chi connectivity index (χ1n) is 9.49. The number of amides is 1. The van der Waals surface area contributed by atoms with Crippen molar-refractivity contribution in [3.63, 3.8) is 0 Å². The fourth-order valence-electron chi connectivity index (χ4n) is 3.81. The van der Waals surface area contributed by atoms with Crippen LogP contribution in [-0.4, -0.2) is 100 Å². The van der Waals surface area contributed by atoms with Crippen LogP contribution in [0.2, 0.25) is 0 Å². The number of hydrogen-bond acceptors (Lipinski definition) is 5. The van der Waals surface area contributed by atoms with E-state index in [4.69, 9.17) is 4.74 Å². The van der Waals surface area contributed by atoms with Crippen LogP contribution in [0.3, 0.4) is 0 Å². The van der Waals surface area contributed by atoms with Gasteiger partial charge in [0.1, 0.15) is 6.61 Å². The van der Waals surface area contributed by atoms with Crippen LogP contribution in [0.15, 0.2) is 0 Å². The van der Waals surface area contributed by atoms with Crippen LogP contribution >= 0.6 is 0 Å². The van der Waals surface area contributed by atoms with Crippen molar-refractivity contribution in [2.45, 2.75) is 31.7 Å². The molecule has 0 spiro atoms. The minimum Gasteiger partial charge on any atom is -0.370 e. The summed E-state index contributed by atoms with van der Waals surface area (Å²) in [6.07, 6.45) is 5.06. The molecular weight excluding hydrogens is 304 g/mol. The minimum absolute atomic E-state index is 0.104. The van der Waals surface area contributed by atoms with Crippen molar-refractivity contribution in [1.29, 1.82) is 0 Å². The number of ether oxygens (including phenoxy) is 1. The van der Waals surface area contributed by atoms with Crippen LogP contribution in [0.5, 0.6) is 0 Å². The molecular formula is C18H36N4O2. The Morgan fingerprint density at radius 2 is 1.83 bits per heavy atom. The minimum atomic E-state index is 0.104. The van der Waals surface area contributed by atoms with Gasteiger partial charge in [0.15, 0.2) is 0 Å². The van der Waals surface area contributed by atoms with E-state index in [1.54, 1.807) is 0 Å². The van der Waals surface area contributed by atoms with E-state index in [0.717, 1.165) is 19.1 Å². The normalized spacial score (nSPS) is 26.5. The molecule has 2 aliphatic rings. The van der Waals surface area contributed by atoms with Gasteiger partial charge in [0.2, 0.25) is 5.91 Å². The van der Waals surface area contributed by atoms with E-state index in [1.165, 1.54) is 51.9 Å². The predicted molar refractivity (Wildman–Crippen MR) is 97.2 cm³/mol. The highest BCUT2D eigenvalue weighted by Gasteiger charge is 2.28. The summed E-state index contributed by atoms with van der Waals surface area (Å²) in [5, 5.41) is 3.01. The van der Waals surface area contributed by atoms with Crippen molar-refractivity contribution < 1.29 is 9.53 Å². The molecule has 1 amide bonds. The van der Waals surface area contributed by atoms with E-state index in [-0.39, 0.29) is 12.5 Å². The summed E-state index contributed by atoms with van der Waals surface area (Å²) in [6.45, 7) is 7.29. The van der Waals surface area contributed by atoms with E-state index < -0.39 is 0 Å². The second-order valence-corrected chi connectivity index (χ2v) is 7.44. The summed E-state index contributed by atoms with van der Waals surface area (Å²) >= 11 is 0. The zero-order valence-electron chi connectivity index (χ0n) is 15.8. The number of piperazine rings is 1. The van der Waals surface area contributed by atoms with E-state index in [0.29, 0.717) is 12.5 Å². The Kier molecular flexibility index (Phi) is 8.45.